The summed E-state index contributed by atoms with van der Waals surface area (Å²) >= 11 is 9.50. The van der Waals surface area contributed by atoms with Crippen LogP contribution in [-0.4, -0.2) is 103 Å². The number of aromatic nitrogens is 4. The maximum atomic E-state index is 14.2. The maximum absolute atomic E-state index is 14.2. The molecule has 3 aromatic carbocycles. The van der Waals surface area contributed by atoms with Crippen molar-refractivity contribution >= 4 is 63.6 Å². The van der Waals surface area contributed by atoms with Gasteiger partial charge in [-0.05, 0) is 74.1 Å². The zero-order valence-electron chi connectivity index (χ0n) is 41.2. The number of hydrogen-bond acceptors (Lipinski definition) is 13. The van der Waals surface area contributed by atoms with Crippen molar-refractivity contribution < 1.29 is 33.8 Å². The molecule has 4 amide bonds. The van der Waals surface area contributed by atoms with Crippen molar-refractivity contribution in [2.75, 3.05) is 13.2 Å². The minimum Gasteiger partial charge on any atom is -0.486 e. The number of thiazole rings is 1. The van der Waals surface area contributed by atoms with Crippen LogP contribution in [0, 0.1) is 33.1 Å². The van der Waals surface area contributed by atoms with Gasteiger partial charge >= 0.3 is 0 Å². The first-order valence-corrected chi connectivity index (χ1v) is 26.1. The second-order valence-corrected chi connectivity index (χ2v) is 22.3. The van der Waals surface area contributed by atoms with Gasteiger partial charge in [0.1, 0.15) is 35.1 Å². The minimum absolute atomic E-state index is 0.0457. The van der Waals surface area contributed by atoms with Gasteiger partial charge in [-0.3, -0.25) is 28.7 Å². The van der Waals surface area contributed by atoms with Gasteiger partial charge in [0.25, 0.3) is 5.91 Å². The molecule has 2 fully saturated rings. The Morgan fingerprint density at radius 3 is 2.31 bits per heavy atom. The second kappa shape index (κ2) is 20.9. The van der Waals surface area contributed by atoms with Crippen LogP contribution >= 0.6 is 34.3 Å². The minimum atomic E-state index is -1.03. The van der Waals surface area contributed by atoms with Gasteiger partial charge in [0.05, 0.1) is 34.3 Å². The third-order valence-electron chi connectivity index (χ3n) is 13.4. The van der Waals surface area contributed by atoms with Gasteiger partial charge in [-0.15, -0.1) is 32.9 Å². The monoisotopic (exact) mass is 1030 g/mol. The molecule has 0 radical (unpaired) electrons. The highest BCUT2D eigenvalue weighted by Crippen LogP contribution is 2.40. The number of rotatable bonds is 15. The number of amides is 4. The number of β-amino-alcohol motifs (C(OH)–C–C–N with tert-alkyl or cyclic N) is 1. The van der Waals surface area contributed by atoms with Crippen LogP contribution in [0.25, 0.3) is 15.4 Å². The van der Waals surface area contributed by atoms with E-state index in [2.05, 4.69) is 45.0 Å². The number of likely N-dealkylation sites (tertiary alicyclic amines) is 1. The first kappa shape index (κ1) is 50.5. The summed E-state index contributed by atoms with van der Waals surface area (Å²) < 4.78 is 14.4. The molecule has 3 aliphatic rings. The molecule has 16 nitrogen and oxygen atoms in total. The summed E-state index contributed by atoms with van der Waals surface area (Å²) in [4.78, 5) is 68.3. The molecule has 1 aliphatic carbocycles. The Balaban J connectivity index is 0.781. The van der Waals surface area contributed by atoms with Crippen LogP contribution in [-0.2, 0) is 25.7 Å². The summed E-state index contributed by atoms with van der Waals surface area (Å²) in [6.45, 7) is 13.3. The lowest BCUT2D eigenvalue weighted by molar-refractivity contribution is -0.144. The largest absolute Gasteiger partial charge is 0.486 e. The molecule has 3 aromatic heterocycles. The second-order valence-electron chi connectivity index (χ2n) is 19.8. The number of aliphatic hydroxyl groups excluding tert-OH is 1. The van der Waals surface area contributed by atoms with E-state index >= 15 is 0 Å². The van der Waals surface area contributed by atoms with Crippen molar-refractivity contribution in [3.63, 3.8) is 0 Å². The van der Waals surface area contributed by atoms with Gasteiger partial charge < -0.3 is 35.4 Å². The summed E-state index contributed by atoms with van der Waals surface area (Å²) in [6, 6.07) is 19.8. The fourth-order valence-corrected chi connectivity index (χ4v) is 11.5. The topological polar surface area (TPSA) is 202 Å². The van der Waals surface area contributed by atoms with Gasteiger partial charge in [0.15, 0.2) is 23.9 Å². The van der Waals surface area contributed by atoms with Gasteiger partial charge in [-0.25, -0.2) is 4.98 Å². The number of benzene rings is 3. The number of aliphatic imine (C=N–C) groups is 1. The van der Waals surface area contributed by atoms with Crippen LogP contribution in [0.1, 0.15) is 97.0 Å². The predicted molar refractivity (Wildman–Crippen MR) is 277 cm³/mol. The number of carbonyl (C=O) groups excluding carboxylic acids is 4. The van der Waals surface area contributed by atoms with Crippen molar-refractivity contribution in [3.05, 3.63) is 128 Å². The number of fused-ring (bicyclic) bond motifs is 3. The van der Waals surface area contributed by atoms with Crippen LogP contribution in [0.2, 0.25) is 5.02 Å². The first-order chi connectivity index (χ1) is 34.4. The summed E-state index contributed by atoms with van der Waals surface area (Å²) in [5, 5.41) is 30.2. The molecule has 6 aromatic rings. The molecule has 2 aliphatic heterocycles. The molecule has 1 saturated heterocycles. The van der Waals surface area contributed by atoms with E-state index in [0.717, 1.165) is 54.0 Å². The standard InChI is InChI=1S/C53H58ClN9O7S2/c1-28-30(3)72-52-45(28)46(33-16-18-35(54)19-17-33)58-39(49-61-60-31(4)63(49)52)23-43(65)57-36-20-38(21-36)70-42-11-9-8-10-41(42)69-26-44(66)59-48(53(5,6)7)51(68)62-25-37(64)22-40(62)50(67)55-24-32-12-14-34(15-13-32)47-29(2)56-27-71-47/h8-19,27,36-40,48,64H,20-26H2,1-7H3,(H,55,67)(H,57,65)(H,59,66)/t36-,37-,38+,39+,40+,48-/m1/s1. The summed E-state index contributed by atoms with van der Waals surface area (Å²) in [5.74, 6) is 0.510. The Morgan fingerprint density at radius 1 is 0.903 bits per heavy atom. The van der Waals surface area contributed by atoms with E-state index in [9.17, 15) is 24.3 Å². The average molecular weight is 1030 g/mol. The third kappa shape index (κ3) is 10.8. The lowest BCUT2D eigenvalue weighted by Gasteiger charge is -2.36. The first-order valence-electron chi connectivity index (χ1n) is 24.0. The fraction of sp³-hybridized carbons (Fsp3) is 0.396. The zero-order chi connectivity index (χ0) is 51.0. The normalized spacial score (nSPS) is 19.8. The molecule has 9 rings (SSSR count). The van der Waals surface area contributed by atoms with Crippen molar-refractivity contribution in [1.29, 1.82) is 0 Å². The number of para-hydroxylation sites is 2. The van der Waals surface area contributed by atoms with Crippen molar-refractivity contribution in [2.24, 2.45) is 10.4 Å². The van der Waals surface area contributed by atoms with Crippen LogP contribution in [0.5, 0.6) is 11.5 Å². The Morgan fingerprint density at radius 2 is 1.61 bits per heavy atom. The van der Waals surface area contributed by atoms with E-state index in [1.807, 2.05) is 93.2 Å². The number of carbonyl (C=O) groups is 4. The van der Waals surface area contributed by atoms with Crippen molar-refractivity contribution in [2.45, 2.75) is 117 Å². The Labute approximate surface area is 431 Å². The molecule has 1 saturated carbocycles. The highest BCUT2D eigenvalue weighted by molar-refractivity contribution is 7.15. The van der Waals surface area contributed by atoms with Gasteiger partial charge in [0.2, 0.25) is 17.7 Å². The zero-order valence-corrected chi connectivity index (χ0v) is 43.6. The molecule has 0 unspecified atom stereocenters. The van der Waals surface area contributed by atoms with E-state index in [-0.39, 0.29) is 49.9 Å². The molecule has 0 spiro atoms. The third-order valence-corrected chi connectivity index (χ3v) is 15.8. The van der Waals surface area contributed by atoms with Crippen LogP contribution in [0.15, 0.2) is 83.3 Å². The smallest absolute Gasteiger partial charge is 0.258 e. The average Bonchev–Trinajstić information content (AvgIpc) is 4.11. The SMILES string of the molecule is Cc1ncsc1-c1ccc(CNC(=O)[C@@H]2C[C@@H](O)CN2C(=O)[C@@H](NC(=O)COc2ccccc2O[C@H]2C[C@@H](NC(=O)C[C@@H]3N=C(c4ccc(Cl)cc4)c4c(sc(C)c4C)-n4c(C)nnc43)C2)C(C)(C)C)cc1. The number of hydrogen-bond donors (Lipinski definition) is 4. The number of halogens is 1. The molecular weight excluding hydrogens is 974 g/mol. The fourth-order valence-electron chi connectivity index (χ4n) is 9.35. The van der Waals surface area contributed by atoms with E-state index < -0.39 is 48.1 Å². The summed E-state index contributed by atoms with van der Waals surface area (Å²) in [5.41, 5.74) is 7.70. The van der Waals surface area contributed by atoms with E-state index in [0.29, 0.717) is 41.0 Å². The lowest BCUT2D eigenvalue weighted by atomic mass is 9.85. The molecule has 72 heavy (non-hydrogen) atoms. The van der Waals surface area contributed by atoms with Gasteiger partial charge in [-0.2, -0.15) is 0 Å². The Bertz CT molecular complexity index is 3030. The van der Waals surface area contributed by atoms with Crippen molar-refractivity contribution in [3.8, 4) is 26.9 Å². The van der Waals surface area contributed by atoms with Crippen LogP contribution in [0.3, 0.4) is 0 Å². The summed E-state index contributed by atoms with van der Waals surface area (Å²) in [6.07, 6.45) is 0.108. The predicted octanol–water partition coefficient (Wildman–Crippen LogP) is 7.54. The van der Waals surface area contributed by atoms with E-state index in [4.69, 9.17) is 26.1 Å². The number of nitrogens with one attached hydrogen (secondary N) is 3. The number of thiophene rings is 1. The number of nitrogens with zero attached hydrogens (tertiary/aromatic N) is 6. The quantitative estimate of drug-likeness (QED) is 0.0797. The van der Waals surface area contributed by atoms with Crippen LogP contribution in [0.4, 0.5) is 0 Å². The summed E-state index contributed by atoms with van der Waals surface area (Å²) in [7, 11) is 0. The number of aryl methyl sites for hydroxylation is 3. The molecule has 4 N–H and O–H groups in total. The number of ether oxygens (including phenoxy) is 2. The van der Waals surface area contributed by atoms with Gasteiger partial charge in [0, 0.05) is 59.4 Å². The molecule has 376 valence electrons. The maximum Gasteiger partial charge on any atom is 0.258 e. The molecule has 19 heteroatoms. The van der Waals surface area contributed by atoms with E-state index in [1.165, 1.54) is 4.90 Å². The highest BCUT2D eigenvalue weighted by atomic mass is 35.5. The molecular formula is C53H58ClN9O7S2. The van der Waals surface area contributed by atoms with Crippen LogP contribution < -0.4 is 25.4 Å². The molecule has 4 atom stereocenters. The van der Waals surface area contributed by atoms with E-state index in [1.54, 1.807) is 46.9 Å². The van der Waals surface area contributed by atoms with Crippen molar-refractivity contribution in [1.82, 2.24) is 40.6 Å². The lowest BCUT2D eigenvalue weighted by Crippen LogP contribution is -2.58. The molecule has 5 heterocycles. The van der Waals surface area contributed by atoms with Gasteiger partial charge in [-0.1, -0.05) is 80.9 Å². The highest BCUT2D eigenvalue weighted by Gasteiger charge is 2.45. The number of aliphatic hydroxyl groups is 1. The molecule has 0 bridgehead atoms. The Hall–Kier alpha value is -6.47. The Kier molecular flexibility index (Phi) is 14.7.